The van der Waals surface area contributed by atoms with E-state index in [4.69, 9.17) is 4.74 Å². The molecule has 2 fully saturated rings. The Hall–Kier alpha value is -0.570. The van der Waals surface area contributed by atoms with Gasteiger partial charge in [-0.2, -0.15) is 0 Å². The monoisotopic (exact) mass is 295 g/mol. The lowest BCUT2D eigenvalue weighted by atomic mass is 9.73. The molecule has 1 amide bonds. The maximum Gasteiger partial charge on any atom is 0.222 e. The number of likely N-dealkylation sites (tertiary alicyclic amines) is 1. The lowest BCUT2D eigenvalue weighted by Crippen LogP contribution is -2.41. The molecule has 0 spiro atoms. The number of carbonyl (C=O) groups excluding carboxylic acids is 1. The molecule has 2 heterocycles. The molecule has 0 unspecified atom stereocenters. The Morgan fingerprint density at radius 3 is 2.48 bits per heavy atom. The Labute approximate surface area is 130 Å². The van der Waals surface area contributed by atoms with Gasteiger partial charge in [0.15, 0.2) is 0 Å². The van der Waals surface area contributed by atoms with Crippen LogP contribution in [-0.4, -0.2) is 36.1 Å². The molecule has 0 bridgehead atoms. The van der Waals surface area contributed by atoms with E-state index < -0.39 is 0 Å². The first-order valence-electron chi connectivity index (χ1n) is 8.81. The highest BCUT2D eigenvalue weighted by Crippen LogP contribution is 2.38. The Balaban J connectivity index is 1.96. The zero-order chi connectivity index (χ0) is 15.5. The van der Waals surface area contributed by atoms with Gasteiger partial charge in [-0.3, -0.25) is 4.79 Å². The average molecular weight is 295 g/mol. The normalized spacial score (nSPS) is 27.7. The largest absolute Gasteiger partial charge is 0.376 e. The molecule has 0 aliphatic carbocycles. The second kappa shape index (κ2) is 7.13. The standard InChI is InChI=1S/C18H33NO2/c1-14(2)16(15-8-11-21-18(3,4)13-15)12-17(20)19-9-6-5-7-10-19/h14-16H,5-13H2,1-4H3/t15-,16+/m0/s1. The number of carbonyl (C=O) groups is 1. The molecule has 0 N–H and O–H groups in total. The fraction of sp³-hybridized carbons (Fsp3) is 0.944. The van der Waals surface area contributed by atoms with Crippen LogP contribution in [0.1, 0.15) is 66.2 Å². The second-order valence-electron chi connectivity index (χ2n) is 7.91. The minimum atomic E-state index is -0.0236. The molecule has 3 nitrogen and oxygen atoms in total. The van der Waals surface area contributed by atoms with E-state index in [-0.39, 0.29) is 5.60 Å². The lowest BCUT2D eigenvalue weighted by molar-refractivity contribution is -0.136. The summed E-state index contributed by atoms with van der Waals surface area (Å²) in [6, 6.07) is 0. The van der Waals surface area contributed by atoms with Gasteiger partial charge in [0.05, 0.1) is 5.60 Å². The molecule has 2 aliphatic rings. The van der Waals surface area contributed by atoms with Crippen LogP contribution in [0.5, 0.6) is 0 Å². The van der Waals surface area contributed by atoms with Crippen LogP contribution in [0.4, 0.5) is 0 Å². The molecule has 2 saturated heterocycles. The Morgan fingerprint density at radius 1 is 1.24 bits per heavy atom. The van der Waals surface area contributed by atoms with Crippen molar-refractivity contribution in [3.8, 4) is 0 Å². The van der Waals surface area contributed by atoms with Gasteiger partial charge in [0.1, 0.15) is 0 Å². The van der Waals surface area contributed by atoms with Crippen molar-refractivity contribution in [3.63, 3.8) is 0 Å². The zero-order valence-corrected chi connectivity index (χ0v) is 14.4. The average Bonchev–Trinajstić information content (AvgIpc) is 2.44. The molecule has 0 aromatic rings. The van der Waals surface area contributed by atoms with Gasteiger partial charge in [0, 0.05) is 26.1 Å². The lowest BCUT2D eigenvalue weighted by Gasteiger charge is -2.41. The van der Waals surface area contributed by atoms with Crippen LogP contribution in [0.15, 0.2) is 0 Å². The number of piperidine rings is 1. The zero-order valence-electron chi connectivity index (χ0n) is 14.4. The third-order valence-corrected chi connectivity index (χ3v) is 5.32. The highest BCUT2D eigenvalue weighted by Gasteiger charge is 2.36. The maximum absolute atomic E-state index is 12.6. The van der Waals surface area contributed by atoms with Crippen LogP contribution < -0.4 is 0 Å². The molecule has 3 heteroatoms. The first-order valence-corrected chi connectivity index (χ1v) is 8.81. The fourth-order valence-electron chi connectivity index (χ4n) is 4.07. The number of hydrogen-bond acceptors (Lipinski definition) is 2. The summed E-state index contributed by atoms with van der Waals surface area (Å²) >= 11 is 0. The Bertz CT molecular complexity index is 345. The van der Waals surface area contributed by atoms with E-state index in [9.17, 15) is 4.79 Å². The highest BCUT2D eigenvalue weighted by molar-refractivity contribution is 5.76. The van der Waals surface area contributed by atoms with E-state index >= 15 is 0 Å². The van der Waals surface area contributed by atoms with E-state index in [1.807, 2.05) is 0 Å². The smallest absolute Gasteiger partial charge is 0.222 e. The molecule has 0 radical (unpaired) electrons. The van der Waals surface area contributed by atoms with Crippen LogP contribution in [0.3, 0.4) is 0 Å². The SMILES string of the molecule is CC(C)[C@@H](CC(=O)N1CCCCC1)[C@H]1CCOC(C)(C)C1. The van der Waals surface area contributed by atoms with Crippen molar-refractivity contribution < 1.29 is 9.53 Å². The van der Waals surface area contributed by atoms with Crippen LogP contribution in [0, 0.1) is 17.8 Å². The van der Waals surface area contributed by atoms with Gasteiger partial charge in [0.2, 0.25) is 5.91 Å². The van der Waals surface area contributed by atoms with Crippen molar-refractivity contribution in [2.75, 3.05) is 19.7 Å². The van der Waals surface area contributed by atoms with Gasteiger partial charge in [-0.15, -0.1) is 0 Å². The van der Waals surface area contributed by atoms with Crippen molar-refractivity contribution in [2.45, 2.75) is 71.8 Å². The van der Waals surface area contributed by atoms with Crippen LogP contribution in [-0.2, 0) is 9.53 Å². The first-order chi connectivity index (χ1) is 9.89. The summed E-state index contributed by atoms with van der Waals surface area (Å²) < 4.78 is 5.85. The highest BCUT2D eigenvalue weighted by atomic mass is 16.5. The summed E-state index contributed by atoms with van der Waals surface area (Å²) in [5.41, 5.74) is -0.0236. The van der Waals surface area contributed by atoms with Gasteiger partial charge in [0.25, 0.3) is 0 Å². The minimum absolute atomic E-state index is 0.0236. The maximum atomic E-state index is 12.6. The summed E-state index contributed by atoms with van der Waals surface area (Å²) in [6.07, 6.45) is 6.58. The molecule has 122 valence electrons. The number of amides is 1. The summed E-state index contributed by atoms with van der Waals surface area (Å²) in [7, 11) is 0. The van der Waals surface area contributed by atoms with Crippen molar-refractivity contribution in [2.24, 2.45) is 17.8 Å². The number of ether oxygens (including phenoxy) is 1. The van der Waals surface area contributed by atoms with Crippen LogP contribution in [0.25, 0.3) is 0 Å². The van der Waals surface area contributed by atoms with Gasteiger partial charge in [-0.25, -0.2) is 0 Å². The Kier molecular flexibility index (Phi) is 5.70. The third-order valence-electron chi connectivity index (χ3n) is 5.32. The van der Waals surface area contributed by atoms with E-state index in [0.717, 1.165) is 39.0 Å². The van der Waals surface area contributed by atoms with Crippen molar-refractivity contribution in [1.29, 1.82) is 0 Å². The van der Waals surface area contributed by atoms with Gasteiger partial charge < -0.3 is 9.64 Å². The summed E-state index contributed by atoms with van der Waals surface area (Å²) in [4.78, 5) is 14.7. The van der Waals surface area contributed by atoms with E-state index in [2.05, 4.69) is 32.6 Å². The summed E-state index contributed by atoms with van der Waals surface area (Å²) in [5, 5.41) is 0. The van der Waals surface area contributed by atoms with E-state index in [0.29, 0.717) is 23.7 Å². The molecule has 0 aromatic heterocycles. The molecule has 0 saturated carbocycles. The second-order valence-corrected chi connectivity index (χ2v) is 7.91. The topological polar surface area (TPSA) is 29.5 Å². The predicted molar refractivity (Wildman–Crippen MR) is 86.1 cm³/mol. The molecular weight excluding hydrogens is 262 g/mol. The van der Waals surface area contributed by atoms with E-state index in [1.54, 1.807) is 0 Å². The quantitative estimate of drug-likeness (QED) is 0.788. The van der Waals surface area contributed by atoms with Crippen molar-refractivity contribution >= 4 is 5.91 Å². The third kappa shape index (κ3) is 4.70. The number of rotatable bonds is 4. The first kappa shape index (κ1) is 16.8. The molecule has 21 heavy (non-hydrogen) atoms. The van der Waals surface area contributed by atoms with Gasteiger partial charge in [-0.05, 0) is 63.7 Å². The molecule has 0 aromatic carbocycles. The van der Waals surface area contributed by atoms with Crippen LogP contribution in [0.2, 0.25) is 0 Å². The molecule has 2 rings (SSSR count). The van der Waals surface area contributed by atoms with Gasteiger partial charge in [-0.1, -0.05) is 13.8 Å². The number of hydrogen-bond donors (Lipinski definition) is 0. The number of nitrogens with zero attached hydrogens (tertiary/aromatic N) is 1. The van der Waals surface area contributed by atoms with Crippen LogP contribution >= 0.6 is 0 Å². The van der Waals surface area contributed by atoms with E-state index in [1.165, 1.54) is 19.3 Å². The molecular formula is C18H33NO2. The molecule has 2 aliphatic heterocycles. The summed E-state index contributed by atoms with van der Waals surface area (Å²) in [6.45, 7) is 11.7. The molecule has 2 atom stereocenters. The minimum Gasteiger partial charge on any atom is -0.376 e. The van der Waals surface area contributed by atoms with Crippen molar-refractivity contribution in [1.82, 2.24) is 4.90 Å². The summed E-state index contributed by atoms with van der Waals surface area (Å²) in [5.74, 6) is 2.08. The fourth-order valence-corrected chi connectivity index (χ4v) is 4.07. The Morgan fingerprint density at radius 2 is 1.90 bits per heavy atom. The van der Waals surface area contributed by atoms with Gasteiger partial charge >= 0.3 is 0 Å². The predicted octanol–water partition coefficient (Wildman–Crippen LogP) is 3.87. The van der Waals surface area contributed by atoms with Crippen molar-refractivity contribution in [3.05, 3.63) is 0 Å².